The van der Waals surface area contributed by atoms with Gasteiger partial charge in [-0.2, -0.15) is 0 Å². The van der Waals surface area contributed by atoms with Gasteiger partial charge in [-0.1, -0.05) is 26.7 Å². The minimum absolute atomic E-state index is 0.0871. The predicted octanol–water partition coefficient (Wildman–Crippen LogP) is 3.52. The van der Waals surface area contributed by atoms with E-state index in [4.69, 9.17) is 0 Å². The van der Waals surface area contributed by atoms with Crippen LogP contribution in [0.25, 0.3) is 0 Å². The van der Waals surface area contributed by atoms with Crippen LogP contribution in [0, 0.1) is 16.0 Å². The Bertz CT molecular complexity index is 473. The molecule has 0 spiro atoms. The number of hydrogen-bond acceptors (Lipinski definition) is 3. The van der Waals surface area contributed by atoms with Crippen LogP contribution in [0.5, 0.6) is 0 Å². The molecule has 19 heavy (non-hydrogen) atoms. The van der Waals surface area contributed by atoms with E-state index in [1.54, 1.807) is 0 Å². The summed E-state index contributed by atoms with van der Waals surface area (Å²) in [7, 11) is 0. The van der Waals surface area contributed by atoms with Crippen molar-refractivity contribution in [3.63, 3.8) is 0 Å². The van der Waals surface area contributed by atoms with Gasteiger partial charge in [-0.05, 0) is 27.9 Å². The third-order valence-corrected chi connectivity index (χ3v) is 3.80. The van der Waals surface area contributed by atoms with Crippen LogP contribution in [0.15, 0.2) is 22.7 Å². The van der Waals surface area contributed by atoms with E-state index in [0.29, 0.717) is 22.5 Å². The average molecular weight is 329 g/mol. The maximum atomic E-state index is 12.0. The maximum absolute atomic E-state index is 12.0. The largest absolute Gasteiger partial charge is 0.352 e. The van der Waals surface area contributed by atoms with Crippen LogP contribution in [-0.4, -0.2) is 17.4 Å². The lowest BCUT2D eigenvalue weighted by atomic mass is 10.0. The number of nitro benzene ring substituents is 1. The monoisotopic (exact) mass is 328 g/mol. The summed E-state index contributed by atoms with van der Waals surface area (Å²) in [6, 6.07) is 4.16. The molecule has 0 atom stereocenters. The zero-order valence-corrected chi connectivity index (χ0v) is 12.6. The van der Waals surface area contributed by atoms with Gasteiger partial charge >= 0.3 is 0 Å². The molecule has 0 aliphatic rings. The molecular formula is C13H17BrN2O3. The highest BCUT2D eigenvalue weighted by molar-refractivity contribution is 9.10. The first-order valence-electron chi connectivity index (χ1n) is 6.21. The molecule has 6 heteroatoms. The molecule has 0 aliphatic heterocycles. The smallest absolute Gasteiger partial charge is 0.270 e. The Labute approximate surface area is 120 Å². The van der Waals surface area contributed by atoms with Gasteiger partial charge in [-0.15, -0.1) is 0 Å². The summed E-state index contributed by atoms with van der Waals surface area (Å²) in [5.74, 6) is 0.142. The van der Waals surface area contributed by atoms with E-state index in [1.165, 1.54) is 18.2 Å². The van der Waals surface area contributed by atoms with Gasteiger partial charge in [-0.25, -0.2) is 0 Å². The Morgan fingerprint density at radius 1 is 1.42 bits per heavy atom. The molecule has 0 aromatic heterocycles. The van der Waals surface area contributed by atoms with E-state index >= 15 is 0 Å². The highest BCUT2D eigenvalue weighted by Gasteiger charge is 2.16. The number of nitro groups is 1. The lowest BCUT2D eigenvalue weighted by molar-refractivity contribution is -0.384. The number of carbonyl (C=O) groups excluding carboxylic acids is 1. The fraction of sp³-hybridized carbons (Fsp3) is 0.462. The molecule has 0 saturated heterocycles. The van der Waals surface area contributed by atoms with Crippen LogP contribution in [0.4, 0.5) is 5.69 Å². The molecule has 1 aromatic rings. The van der Waals surface area contributed by atoms with Crippen LogP contribution in [0.1, 0.15) is 37.0 Å². The topological polar surface area (TPSA) is 72.2 Å². The molecule has 0 saturated carbocycles. The minimum Gasteiger partial charge on any atom is -0.352 e. The number of rotatable bonds is 6. The molecule has 104 valence electrons. The van der Waals surface area contributed by atoms with Crippen molar-refractivity contribution in [3.05, 3.63) is 38.3 Å². The van der Waals surface area contributed by atoms with Crippen LogP contribution in [-0.2, 0) is 0 Å². The van der Waals surface area contributed by atoms with Crippen molar-refractivity contribution in [1.29, 1.82) is 0 Å². The average Bonchev–Trinajstić information content (AvgIpc) is 2.39. The van der Waals surface area contributed by atoms with E-state index in [9.17, 15) is 14.9 Å². The highest BCUT2D eigenvalue weighted by Crippen LogP contribution is 2.22. The second-order valence-corrected chi connectivity index (χ2v) is 5.17. The number of non-ortho nitro benzene ring substituents is 1. The fourth-order valence-corrected chi connectivity index (χ4v) is 2.14. The van der Waals surface area contributed by atoms with E-state index in [0.717, 1.165) is 12.8 Å². The molecule has 1 amide bonds. The van der Waals surface area contributed by atoms with Gasteiger partial charge in [0.25, 0.3) is 11.6 Å². The summed E-state index contributed by atoms with van der Waals surface area (Å²) >= 11 is 3.24. The summed E-state index contributed by atoms with van der Waals surface area (Å²) in [6.07, 6.45) is 1.99. The van der Waals surface area contributed by atoms with Crippen LogP contribution in [0.3, 0.4) is 0 Å². The quantitative estimate of drug-likeness (QED) is 0.641. The Hall–Kier alpha value is -1.43. The Morgan fingerprint density at radius 3 is 2.58 bits per heavy atom. The SMILES string of the molecule is CCC(CC)CNC(=O)c1cc([N+](=O)[O-])ccc1Br. The number of carbonyl (C=O) groups is 1. The number of nitrogens with one attached hydrogen (secondary N) is 1. The zero-order valence-electron chi connectivity index (χ0n) is 11.0. The van der Waals surface area contributed by atoms with Crippen molar-refractivity contribution in [2.45, 2.75) is 26.7 Å². The van der Waals surface area contributed by atoms with Crippen molar-refractivity contribution in [2.75, 3.05) is 6.54 Å². The van der Waals surface area contributed by atoms with E-state index < -0.39 is 4.92 Å². The van der Waals surface area contributed by atoms with Gasteiger partial charge in [0, 0.05) is 23.2 Å². The summed E-state index contributed by atoms with van der Waals surface area (Å²) in [6.45, 7) is 4.73. The molecule has 0 fully saturated rings. The fourth-order valence-electron chi connectivity index (χ4n) is 1.71. The molecule has 1 aromatic carbocycles. The van der Waals surface area contributed by atoms with E-state index in [2.05, 4.69) is 35.1 Å². The molecule has 5 nitrogen and oxygen atoms in total. The molecule has 0 aliphatic carbocycles. The van der Waals surface area contributed by atoms with E-state index in [-0.39, 0.29) is 11.6 Å². The van der Waals surface area contributed by atoms with Gasteiger partial charge < -0.3 is 5.32 Å². The first kappa shape index (κ1) is 15.6. The van der Waals surface area contributed by atoms with Gasteiger partial charge in [-0.3, -0.25) is 14.9 Å². The molecule has 0 heterocycles. The van der Waals surface area contributed by atoms with Crippen LogP contribution in [0.2, 0.25) is 0 Å². The summed E-state index contributed by atoms with van der Waals surface area (Å²) in [5.41, 5.74) is 0.205. The lowest BCUT2D eigenvalue weighted by Gasteiger charge is -2.13. The van der Waals surface area contributed by atoms with E-state index in [1.807, 2.05) is 0 Å². The standard InChI is InChI=1S/C13H17BrN2O3/c1-3-9(4-2)8-15-13(17)11-7-10(16(18)19)5-6-12(11)14/h5-7,9H,3-4,8H2,1-2H3,(H,15,17). The Morgan fingerprint density at radius 2 is 2.05 bits per heavy atom. The van der Waals surface area contributed by atoms with Gasteiger partial charge in [0.2, 0.25) is 0 Å². The third-order valence-electron chi connectivity index (χ3n) is 3.11. The summed E-state index contributed by atoms with van der Waals surface area (Å²) in [4.78, 5) is 22.2. The van der Waals surface area contributed by atoms with Crippen molar-refractivity contribution in [2.24, 2.45) is 5.92 Å². The van der Waals surface area contributed by atoms with Crippen molar-refractivity contribution >= 4 is 27.5 Å². The number of nitrogens with zero attached hydrogens (tertiary/aromatic N) is 1. The highest BCUT2D eigenvalue weighted by atomic mass is 79.9. The summed E-state index contributed by atoms with van der Waals surface area (Å²) in [5, 5.41) is 13.5. The molecular weight excluding hydrogens is 312 g/mol. The lowest BCUT2D eigenvalue weighted by Crippen LogP contribution is -2.29. The second-order valence-electron chi connectivity index (χ2n) is 4.31. The molecule has 1 rings (SSSR count). The van der Waals surface area contributed by atoms with Gasteiger partial charge in [0.1, 0.15) is 0 Å². The molecule has 0 bridgehead atoms. The summed E-state index contributed by atoms with van der Waals surface area (Å²) < 4.78 is 0.556. The first-order chi connectivity index (χ1) is 8.99. The van der Waals surface area contributed by atoms with Crippen molar-refractivity contribution in [3.8, 4) is 0 Å². The first-order valence-corrected chi connectivity index (χ1v) is 7.01. The van der Waals surface area contributed by atoms with Crippen molar-refractivity contribution < 1.29 is 9.72 Å². The molecule has 1 N–H and O–H groups in total. The van der Waals surface area contributed by atoms with Crippen LogP contribution < -0.4 is 5.32 Å². The van der Waals surface area contributed by atoms with Crippen LogP contribution >= 0.6 is 15.9 Å². The maximum Gasteiger partial charge on any atom is 0.270 e. The van der Waals surface area contributed by atoms with Gasteiger partial charge in [0.05, 0.1) is 10.5 Å². The zero-order chi connectivity index (χ0) is 14.4. The predicted molar refractivity (Wildman–Crippen MR) is 77.2 cm³/mol. The number of halogens is 1. The minimum atomic E-state index is -0.510. The van der Waals surface area contributed by atoms with Gasteiger partial charge in [0.15, 0.2) is 0 Å². The second kappa shape index (κ2) is 7.23. The number of hydrogen-bond donors (Lipinski definition) is 1. The molecule has 0 radical (unpaired) electrons. The third kappa shape index (κ3) is 4.31. The normalized spacial score (nSPS) is 10.5. The number of amides is 1. The van der Waals surface area contributed by atoms with Crippen molar-refractivity contribution in [1.82, 2.24) is 5.32 Å². The number of benzene rings is 1. The Kier molecular flexibility index (Phi) is 5.95. The Balaban J connectivity index is 2.81. The molecule has 0 unspecified atom stereocenters.